The van der Waals surface area contributed by atoms with Crippen LogP contribution in [-0.4, -0.2) is 73.8 Å². The summed E-state index contributed by atoms with van der Waals surface area (Å²) >= 11 is 0. The van der Waals surface area contributed by atoms with E-state index in [2.05, 4.69) is 51.2 Å². The predicted octanol–water partition coefficient (Wildman–Crippen LogP) is 5.29. The van der Waals surface area contributed by atoms with E-state index < -0.39 is 12.2 Å². The molecule has 0 radical (unpaired) electrons. The Labute approximate surface area is 228 Å². The summed E-state index contributed by atoms with van der Waals surface area (Å²) in [5.41, 5.74) is 1.61. The molecule has 3 rings (SSSR count). The molecule has 2 aliphatic heterocycles. The highest BCUT2D eigenvalue weighted by Gasteiger charge is 2.51. The van der Waals surface area contributed by atoms with Gasteiger partial charge in [-0.1, -0.05) is 37.1 Å². The zero-order chi connectivity index (χ0) is 27.8. The molecular formula is C30H48N2O6. The SMILES string of the molecule is CCCCN(C)C(=O)O[C@@H](C)/C=C\C(=O)N[C@H]1CO[C@@H](C/C=C(C)/C=C/[C@@H]2CC3(CC3)CC(C)(C)O2)OC1. The molecule has 0 aromatic carbocycles. The Bertz CT molecular complexity index is 877. The van der Waals surface area contributed by atoms with Gasteiger partial charge in [0.2, 0.25) is 5.91 Å². The van der Waals surface area contributed by atoms with Crippen LogP contribution in [0.1, 0.15) is 79.6 Å². The molecule has 0 unspecified atom stereocenters. The molecule has 214 valence electrons. The normalized spacial score (nSPS) is 27.4. The largest absolute Gasteiger partial charge is 0.442 e. The number of nitrogens with one attached hydrogen (secondary N) is 1. The van der Waals surface area contributed by atoms with Crippen molar-refractivity contribution in [2.45, 2.75) is 110 Å². The van der Waals surface area contributed by atoms with Crippen molar-refractivity contribution in [1.29, 1.82) is 0 Å². The van der Waals surface area contributed by atoms with Crippen molar-refractivity contribution in [2.75, 3.05) is 26.8 Å². The lowest BCUT2D eigenvalue weighted by Gasteiger charge is -2.40. The number of carbonyl (C=O) groups is 2. The fourth-order valence-corrected chi connectivity index (χ4v) is 5.18. The van der Waals surface area contributed by atoms with Crippen LogP contribution < -0.4 is 5.32 Å². The molecule has 1 aliphatic carbocycles. The van der Waals surface area contributed by atoms with Crippen LogP contribution in [0.4, 0.5) is 4.79 Å². The highest BCUT2D eigenvalue weighted by molar-refractivity contribution is 5.87. The van der Waals surface area contributed by atoms with Gasteiger partial charge in [-0.2, -0.15) is 0 Å². The van der Waals surface area contributed by atoms with E-state index in [0.717, 1.165) is 24.8 Å². The molecule has 1 N–H and O–H groups in total. The fourth-order valence-electron chi connectivity index (χ4n) is 5.18. The minimum Gasteiger partial charge on any atom is -0.442 e. The number of hydrogen-bond donors (Lipinski definition) is 1. The third kappa shape index (κ3) is 10.2. The number of unbranched alkanes of at least 4 members (excludes halogenated alkanes) is 1. The van der Waals surface area contributed by atoms with Crippen LogP contribution in [0, 0.1) is 5.41 Å². The first-order valence-electron chi connectivity index (χ1n) is 14.2. The molecule has 2 heterocycles. The Balaban J connectivity index is 1.33. The molecule has 2 atom stereocenters. The van der Waals surface area contributed by atoms with E-state index in [9.17, 15) is 9.59 Å². The molecule has 0 aromatic rings. The number of allylic oxidation sites excluding steroid dienone is 2. The van der Waals surface area contributed by atoms with Crippen LogP contribution in [0.25, 0.3) is 0 Å². The summed E-state index contributed by atoms with van der Waals surface area (Å²) in [5.74, 6) is -0.273. The monoisotopic (exact) mass is 532 g/mol. The van der Waals surface area contributed by atoms with Gasteiger partial charge < -0.3 is 29.2 Å². The molecule has 0 aromatic heterocycles. The summed E-state index contributed by atoms with van der Waals surface area (Å²) in [4.78, 5) is 25.8. The van der Waals surface area contributed by atoms with Crippen molar-refractivity contribution >= 4 is 12.0 Å². The average molecular weight is 533 g/mol. The van der Waals surface area contributed by atoms with Crippen LogP contribution in [0.15, 0.2) is 36.0 Å². The van der Waals surface area contributed by atoms with Gasteiger partial charge >= 0.3 is 6.09 Å². The second kappa shape index (κ2) is 13.8. The van der Waals surface area contributed by atoms with Crippen molar-refractivity contribution in [3.63, 3.8) is 0 Å². The van der Waals surface area contributed by atoms with E-state index in [4.69, 9.17) is 18.9 Å². The van der Waals surface area contributed by atoms with Gasteiger partial charge in [-0.05, 0) is 71.3 Å². The minimum absolute atomic E-state index is 0.0527. The number of ether oxygens (including phenoxy) is 4. The van der Waals surface area contributed by atoms with Gasteiger partial charge in [0.25, 0.3) is 0 Å². The lowest BCUT2D eigenvalue weighted by molar-refractivity contribution is -0.187. The molecule has 8 nitrogen and oxygen atoms in total. The van der Waals surface area contributed by atoms with Crippen LogP contribution in [0.3, 0.4) is 0 Å². The average Bonchev–Trinajstić information content (AvgIpc) is 3.60. The molecular weight excluding hydrogens is 484 g/mol. The van der Waals surface area contributed by atoms with Gasteiger partial charge in [-0.25, -0.2) is 4.79 Å². The van der Waals surface area contributed by atoms with E-state index >= 15 is 0 Å². The Morgan fingerprint density at radius 2 is 1.89 bits per heavy atom. The highest BCUT2D eigenvalue weighted by Crippen LogP contribution is 2.58. The summed E-state index contributed by atoms with van der Waals surface area (Å²) in [7, 11) is 1.71. The zero-order valence-electron chi connectivity index (χ0n) is 24.2. The molecule has 3 fully saturated rings. The standard InChI is InChI=1S/C30H48N2O6/c1-7-8-17-32(6)28(34)37-23(3)11-13-26(33)31-24-19-35-27(36-20-24)14-10-22(2)9-12-25-18-30(15-16-30)21-29(4,5)38-25/h9-13,23-25,27H,7-8,14-21H2,1-6H3,(H,31,33)/b12-9+,13-11-,22-10+/t23-,24-,25+,27+/m0/s1. The quantitative estimate of drug-likeness (QED) is 0.288. The van der Waals surface area contributed by atoms with Gasteiger partial charge in [0, 0.05) is 26.1 Å². The maximum Gasteiger partial charge on any atom is 0.410 e. The zero-order valence-corrected chi connectivity index (χ0v) is 24.2. The Kier molecular flexibility index (Phi) is 11.0. The van der Waals surface area contributed by atoms with Crippen LogP contribution in [0.5, 0.6) is 0 Å². The number of amides is 2. The van der Waals surface area contributed by atoms with Gasteiger partial charge in [-0.3, -0.25) is 4.79 Å². The van der Waals surface area contributed by atoms with Gasteiger partial charge in [-0.15, -0.1) is 0 Å². The Morgan fingerprint density at radius 1 is 1.18 bits per heavy atom. The van der Waals surface area contributed by atoms with Crippen molar-refractivity contribution in [3.05, 3.63) is 36.0 Å². The molecule has 1 spiro atoms. The number of hydrogen-bond acceptors (Lipinski definition) is 6. The third-order valence-electron chi connectivity index (χ3n) is 7.35. The second-order valence-electron chi connectivity index (χ2n) is 11.9. The van der Waals surface area contributed by atoms with Gasteiger partial charge in [0.15, 0.2) is 6.29 Å². The summed E-state index contributed by atoms with van der Waals surface area (Å²) in [5, 5.41) is 2.87. The molecule has 2 amide bonds. The fraction of sp³-hybridized carbons (Fsp3) is 0.733. The van der Waals surface area contributed by atoms with Crippen molar-refractivity contribution in [1.82, 2.24) is 10.2 Å². The van der Waals surface area contributed by atoms with E-state index in [0.29, 0.717) is 31.6 Å². The summed E-state index contributed by atoms with van der Waals surface area (Å²) in [6.45, 7) is 11.7. The second-order valence-corrected chi connectivity index (χ2v) is 11.9. The Morgan fingerprint density at radius 3 is 2.55 bits per heavy atom. The van der Waals surface area contributed by atoms with E-state index in [1.54, 1.807) is 24.9 Å². The topological polar surface area (TPSA) is 86.3 Å². The van der Waals surface area contributed by atoms with E-state index in [-0.39, 0.29) is 29.9 Å². The number of rotatable bonds is 11. The molecule has 0 bridgehead atoms. The smallest absolute Gasteiger partial charge is 0.410 e. The van der Waals surface area contributed by atoms with Crippen molar-refractivity contribution in [3.8, 4) is 0 Å². The first kappa shape index (κ1) is 30.4. The van der Waals surface area contributed by atoms with Crippen LogP contribution in [-0.2, 0) is 23.7 Å². The Hall–Kier alpha value is -2.16. The molecule has 8 heteroatoms. The lowest BCUT2D eigenvalue weighted by Crippen LogP contribution is -2.46. The maximum absolute atomic E-state index is 12.3. The van der Waals surface area contributed by atoms with E-state index in [1.165, 1.54) is 25.3 Å². The van der Waals surface area contributed by atoms with Crippen LogP contribution in [0.2, 0.25) is 0 Å². The molecule has 2 saturated heterocycles. The van der Waals surface area contributed by atoms with Gasteiger partial charge in [0.05, 0.1) is 31.0 Å². The maximum atomic E-state index is 12.3. The third-order valence-corrected chi connectivity index (χ3v) is 7.35. The molecule has 1 saturated carbocycles. The first-order chi connectivity index (χ1) is 18.0. The first-order valence-corrected chi connectivity index (χ1v) is 14.2. The molecule has 38 heavy (non-hydrogen) atoms. The minimum atomic E-state index is -0.504. The summed E-state index contributed by atoms with van der Waals surface area (Å²) < 4.78 is 23.2. The van der Waals surface area contributed by atoms with Gasteiger partial charge in [0.1, 0.15) is 6.10 Å². The van der Waals surface area contributed by atoms with E-state index in [1.807, 2.05) is 0 Å². The lowest BCUT2D eigenvalue weighted by atomic mass is 9.82. The summed E-state index contributed by atoms with van der Waals surface area (Å²) in [6, 6.07) is -0.229. The highest BCUT2D eigenvalue weighted by atomic mass is 16.7. The predicted molar refractivity (Wildman–Crippen MR) is 148 cm³/mol. The number of nitrogens with zero attached hydrogens (tertiary/aromatic N) is 1. The van der Waals surface area contributed by atoms with Crippen molar-refractivity contribution in [2.24, 2.45) is 5.41 Å². The molecule has 3 aliphatic rings. The van der Waals surface area contributed by atoms with Crippen molar-refractivity contribution < 1.29 is 28.5 Å². The van der Waals surface area contributed by atoms with Crippen LogP contribution >= 0.6 is 0 Å². The summed E-state index contributed by atoms with van der Waals surface area (Å²) in [6.07, 6.45) is 15.9. The number of carbonyl (C=O) groups excluding carboxylic acids is 2.